The summed E-state index contributed by atoms with van der Waals surface area (Å²) in [6, 6.07) is 27.8. The Balaban J connectivity index is 1.72. The van der Waals surface area contributed by atoms with E-state index in [1.54, 1.807) is 12.1 Å². The predicted octanol–water partition coefficient (Wildman–Crippen LogP) is 4.88. The van der Waals surface area contributed by atoms with Gasteiger partial charge in [-0.05, 0) is 51.7 Å². The molecule has 28 heavy (non-hydrogen) atoms. The molecule has 0 saturated heterocycles. The van der Waals surface area contributed by atoms with E-state index in [4.69, 9.17) is 4.74 Å². The van der Waals surface area contributed by atoms with Crippen LogP contribution in [-0.2, 0) is 5.41 Å². The topological polar surface area (TPSA) is 49.7 Å². The highest BCUT2D eigenvalue weighted by atomic mass is 16.5. The van der Waals surface area contributed by atoms with E-state index in [0.29, 0.717) is 6.61 Å². The van der Waals surface area contributed by atoms with Crippen molar-refractivity contribution in [2.45, 2.75) is 5.41 Å². The first kappa shape index (κ1) is 16.8. The SMILES string of the molecule is OC[C@]1(c2ccc(O)cc2)COc2ccc3cc(-c4ccccc4)ccc3c21. The van der Waals surface area contributed by atoms with Crippen molar-refractivity contribution in [2.24, 2.45) is 0 Å². The van der Waals surface area contributed by atoms with E-state index in [1.807, 2.05) is 36.4 Å². The summed E-state index contributed by atoms with van der Waals surface area (Å²) in [7, 11) is 0. The van der Waals surface area contributed by atoms with Gasteiger partial charge in [-0.3, -0.25) is 0 Å². The largest absolute Gasteiger partial charge is 0.508 e. The first-order valence-corrected chi connectivity index (χ1v) is 9.37. The minimum atomic E-state index is -0.642. The predicted molar refractivity (Wildman–Crippen MR) is 111 cm³/mol. The third kappa shape index (κ3) is 2.48. The number of rotatable bonds is 3. The average Bonchev–Trinajstić information content (AvgIpc) is 3.15. The second-order valence-corrected chi connectivity index (χ2v) is 7.32. The third-order valence-electron chi connectivity index (χ3n) is 5.73. The molecule has 3 heteroatoms. The Morgan fingerprint density at radius 1 is 0.821 bits per heavy atom. The first-order valence-electron chi connectivity index (χ1n) is 9.37. The van der Waals surface area contributed by atoms with Crippen molar-refractivity contribution < 1.29 is 14.9 Å². The number of phenols is 1. The van der Waals surface area contributed by atoms with Gasteiger partial charge in [0.1, 0.15) is 18.1 Å². The highest BCUT2D eigenvalue weighted by Gasteiger charge is 2.43. The lowest BCUT2D eigenvalue weighted by Gasteiger charge is -2.27. The molecule has 0 amide bonds. The van der Waals surface area contributed by atoms with Gasteiger partial charge in [0.2, 0.25) is 0 Å². The van der Waals surface area contributed by atoms with Gasteiger partial charge in [-0.2, -0.15) is 0 Å². The summed E-state index contributed by atoms with van der Waals surface area (Å²) in [5, 5.41) is 22.3. The zero-order valence-electron chi connectivity index (χ0n) is 15.3. The number of hydrogen-bond acceptors (Lipinski definition) is 3. The number of hydrogen-bond donors (Lipinski definition) is 2. The Morgan fingerprint density at radius 2 is 1.61 bits per heavy atom. The van der Waals surface area contributed by atoms with Crippen molar-refractivity contribution in [3.63, 3.8) is 0 Å². The highest BCUT2D eigenvalue weighted by Crippen LogP contribution is 2.47. The van der Waals surface area contributed by atoms with Crippen LogP contribution in [0.5, 0.6) is 11.5 Å². The molecule has 0 radical (unpaired) electrons. The molecule has 4 aromatic carbocycles. The normalized spacial score (nSPS) is 18.0. The second-order valence-electron chi connectivity index (χ2n) is 7.32. The van der Waals surface area contributed by atoms with Gasteiger partial charge in [0.05, 0.1) is 12.0 Å². The maximum atomic E-state index is 10.4. The quantitative estimate of drug-likeness (QED) is 0.542. The lowest BCUT2D eigenvalue weighted by atomic mass is 9.75. The van der Waals surface area contributed by atoms with Gasteiger partial charge in [0.25, 0.3) is 0 Å². The van der Waals surface area contributed by atoms with Gasteiger partial charge < -0.3 is 14.9 Å². The summed E-state index contributed by atoms with van der Waals surface area (Å²) < 4.78 is 5.99. The van der Waals surface area contributed by atoms with Crippen LogP contribution in [0.25, 0.3) is 21.9 Å². The molecule has 138 valence electrons. The maximum absolute atomic E-state index is 10.4. The highest BCUT2D eigenvalue weighted by molar-refractivity contribution is 5.93. The van der Waals surface area contributed by atoms with Gasteiger partial charge in [0, 0.05) is 5.56 Å². The van der Waals surface area contributed by atoms with Crippen LogP contribution in [0.2, 0.25) is 0 Å². The molecular formula is C25H20O3. The minimum absolute atomic E-state index is 0.0652. The van der Waals surface area contributed by atoms with Crippen molar-refractivity contribution in [3.8, 4) is 22.6 Å². The molecule has 1 aliphatic rings. The van der Waals surface area contributed by atoms with Crippen molar-refractivity contribution in [1.29, 1.82) is 0 Å². The smallest absolute Gasteiger partial charge is 0.124 e. The number of benzene rings is 4. The monoisotopic (exact) mass is 368 g/mol. The molecular weight excluding hydrogens is 348 g/mol. The lowest BCUT2D eigenvalue weighted by molar-refractivity contribution is 0.185. The van der Waals surface area contributed by atoms with Gasteiger partial charge in [-0.1, -0.05) is 60.7 Å². The van der Waals surface area contributed by atoms with E-state index >= 15 is 0 Å². The second kappa shape index (κ2) is 6.39. The average molecular weight is 368 g/mol. The fourth-order valence-corrected chi connectivity index (χ4v) is 4.23. The van der Waals surface area contributed by atoms with E-state index in [1.165, 1.54) is 5.56 Å². The van der Waals surface area contributed by atoms with Crippen LogP contribution in [0.1, 0.15) is 11.1 Å². The van der Waals surface area contributed by atoms with Crippen LogP contribution in [0.15, 0.2) is 84.9 Å². The zero-order chi connectivity index (χ0) is 19.1. The number of ether oxygens (including phenoxy) is 1. The molecule has 4 aromatic rings. The third-order valence-corrected chi connectivity index (χ3v) is 5.73. The Kier molecular flexibility index (Phi) is 3.85. The molecule has 0 saturated carbocycles. The fourth-order valence-electron chi connectivity index (χ4n) is 4.23. The lowest BCUT2D eigenvalue weighted by Crippen LogP contribution is -2.34. The Bertz CT molecular complexity index is 1150. The van der Waals surface area contributed by atoms with E-state index in [9.17, 15) is 10.2 Å². The van der Waals surface area contributed by atoms with Gasteiger partial charge in [-0.25, -0.2) is 0 Å². The first-order chi connectivity index (χ1) is 13.7. The van der Waals surface area contributed by atoms with Crippen molar-refractivity contribution in [3.05, 3.63) is 96.1 Å². The molecule has 0 bridgehead atoms. The molecule has 0 fully saturated rings. The van der Waals surface area contributed by atoms with Crippen LogP contribution in [0.3, 0.4) is 0 Å². The molecule has 0 spiro atoms. The number of phenolic OH excluding ortho intramolecular Hbond substituents is 1. The van der Waals surface area contributed by atoms with Crippen LogP contribution >= 0.6 is 0 Å². The molecule has 5 rings (SSSR count). The van der Waals surface area contributed by atoms with Crippen LogP contribution in [0, 0.1) is 0 Å². The van der Waals surface area contributed by atoms with Crippen LogP contribution < -0.4 is 4.74 Å². The van der Waals surface area contributed by atoms with Crippen molar-refractivity contribution >= 4 is 10.8 Å². The molecule has 1 heterocycles. The molecule has 1 aliphatic heterocycles. The van der Waals surface area contributed by atoms with Gasteiger partial charge in [0.15, 0.2) is 0 Å². The van der Waals surface area contributed by atoms with E-state index in [-0.39, 0.29) is 12.4 Å². The summed E-state index contributed by atoms with van der Waals surface area (Å²) in [5.74, 6) is 1.02. The van der Waals surface area contributed by atoms with Gasteiger partial charge in [-0.15, -0.1) is 0 Å². The van der Waals surface area contributed by atoms with Crippen LogP contribution in [0.4, 0.5) is 0 Å². The standard InChI is InChI=1S/C25H20O3/c26-15-25(20-8-10-21(27)11-9-20)16-28-23-13-7-19-14-18(6-12-22(19)24(23)25)17-4-2-1-3-5-17/h1-14,26-27H,15-16H2/t25-/m1/s1. The summed E-state index contributed by atoms with van der Waals surface area (Å²) in [6.07, 6.45) is 0. The molecule has 1 atom stereocenters. The summed E-state index contributed by atoms with van der Waals surface area (Å²) >= 11 is 0. The molecule has 0 unspecified atom stereocenters. The molecule has 0 aliphatic carbocycles. The summed E-state index contributed by atoms with van der Waals surface area (Å²) in [4.78, 5) is 0. The number of aliphatic hydroxyl groups is 1. The Hall–Kier alpha value is -3.30. The number of aromatic hydroxyl groups is 1. The zero-order valence-corrected chi connectivity index (χ0v) is 15.3. The Labute approximate surface area is 163 Å². The van der Waals surface area contributed by atoms with E-state index < -0.39 is 5.41 Å². The molecule has 0 aromatic heterocycles. The molecule has 2 N–H and O–H groups in total. The van der Waals surface area contributed by atoms with Gasteiger partial charge >= 0.3 is 0 Å². The Morgan fingerprint density at radius 3 is 2.36 bits per heavy atom. The van der Waals surface area contributed by atoms with Crippen molar-refractivity contribution in [1.82, 2.24) is 0 Å². The number of fused-ring (bicyclic) bond motifs is 3. The van der Waals surface area contributed by atoms with E-state index in [0.717, 1.165) is 33.2 Å². The minimum Gasteiger partial charge on any atom is -0.508 e. The molecule has 3 nitrogen and oxygen atoms in total. The number of aliphatic hydroxyl groups excluding tert-OH is 1. The summed E-state index contributed by atoms with van der Waals surface area (Å²) in [6.45, 7) is 0.313. The van der Waals surface area contributed by atoms with E-state index in [2.05, 4.69) is 36.4 Å². The maximum Gasteiger partial charge on any atom is 0.124 e. The summed E-state index contributed by atoms with van der Waals surface area (Å²) in [5.41, 5.74) is 3.64. The van der Waals surface area contributed by atoms with Crippen molar-refractivity contribution in [2.75, 3.05) is 13.2 Å². The fraction of sp³-hybridized carbons (Fsp3) is 0.120. The van der Waals surface area contributed by atoms with Crippen LogP contribution in [-0.4, -0.2) is 23.4 Å².